The highest BCUT2D eigenvalue weighted by Crippen LogP contribution is 2.24. The molecule has 0 bridgehead atoms. The predicted octanol–water partition coefficient (Wildman–Crippen LogP) is 5.50. The third-order valence-corrected chi connectivity index (χ3v) is 4.79. The average molecular weight is 360 g/mol. The van der Waals surface area contributed by atoms with Gasteiger partial charge in [0.05, 0.1) is 5.75 Å². The van der Waals surface area contributed by atoms with Crippen LogP contribution >= 0.6 is 23.4 Å². The first-order valence-electron chi connectivity index (χ1n) is 7.43. The lowest BCUT2D eigenvalue weighted by Crippen LogP contribution is -2.14. The molecule has 0 aliphatic heterocycles. The summed E-state index contributed by atoms with van der Waals surface area (Å²) in [4.78, 5) is 12.1. The lowest BCUT2D eigenvalue weighted by molar-refractivity contribution is -0.113. The third kappa shape index (κ3) is 4.08. The quantitative estimate of drug-likeness (QED) is 0.651. The van der Waals surface area contributed by atoms with E-state index < -0.39 is 0 Å². The number of nitrogens with one attached hydrogen (secondary N) is 1. The highest BCUT2D eigenvalue weighted by molar-refractivity contribution is 7.99. The second-order valence-corrected chi connectivity index (χ2v) is 6.73. The second-order valence-electron chi connectivity index (χ2n) is 5.30. The number of thioether (sulfide) groups is 1. The first kappa shape index (κ1) is 16.8. The summed E-state index contributed by atoms with van der Waals surface area (Å²) < 4.78 is 13.7. The maximum atomic E-state index is 13.7. The molecule has 0 aliphatic carbocycles. The van der Waals surface area contributed by atoms with Crippen LogP contribution in [0.15, 0.2) is 60.7 Å². The minimum absolute atomic E-state index is 0.106. The number of benzene rings is 3. The molecule has 0 saturated heterocycles. The molecule has 0 unspecified atom stereocenters. The van der Waals surface area contributed by atoms with Crippen LogP contribution in [0.5, 0.6) is 0 Å². The predicted molar refractivity (Wildman–Crippen MR) is 100 cm³/mol. The Morgan fingerprint density at radius 2 is 1.88 bits per heavy atom. The zero-order chi connectivity index (χ0) is 16.9. The van der Waals surface area contributed by atoms with Gasteiger partial charge in [-0.05, 0) is 29.1 Å². The number of carbonyl (C=O) groups excluding carboxylic acids is 1. The van der Waals surface area contributed by atoms with Gasteiger partial charge in [-0.25, -0.2) is 4.39 Å². The zero-order valence-electron chi connectivity index (χ0n) is 12.8. The van der Waals surface area contributed by atoms with Crippen molar-refractivity contribution in [2.45, 2.75) is 5.75 Å². The van der Waals surface area contributed by atoms with Crippen LogP contribution in [0.3, 0.4) is 0 Å². The van der Waals surface area contributed by atoms with Crippen LogP contribution in [0.1, 0.15) is 5.56 Å². The van der Waals surface area contributed by atoms with Gasteiger partial charge in [0.2, 0.25) is 5.91 Å². The van der Waals surface area contributed by atoms with Gasteiger partial charge < -0.3 is 5.32 Å². The molecule has 0 heterocycles. The molecule has 0 saturated carbocycles. The van der Waals surface area contributed by atoms with Crippen LogP contribution in [0.2, 0.25) is 5.02 Å². The Bertz CT molecular complexity index is 879. The van der Waals surface area contributed by atoms with Crippen molar-refractivity contribution in [3.05, 3.63) is 77.1 Å². The molecule has 1 amide bonds. The van der Waals surface area contributed by atoms with Gasteiger partial charge in [0.1, 0.15) is 5.82 Å². The number of carbonyl (C=O) groups is 1. The Hall–Kier alpha value is -2.04. The maximum absolute atomic E-state index is 13.7. The average Bonchev–Trinajstić information content (AvgIpc) is 2.57. The monoisotopic (exact) mass is 359 g/mol. The van der Waals surface area contributed by atoms with Crippen LogP contribution in [0.4, 0.5) is 10.1 Å². The van der Waals surface area contributed by atoms with E-state index >= 15 is 0 Å². The van der Waals surface area contributed by atoms with Crippen LogP contribution in [0, 0.1) is 5.82 Å². The largest absolute Gasteiger partial charge is 0.325 e. The number of amides is 1. The summed E-state index contributed by atoms with van der Waals surface area (Å²) in [5.74, 6) is 0.229. The summed E-state index contributed by atoms with van der Waals surface area (Å²) in [6, 6.07) is 18.3. The molecular weight excluding hydrogens is 345 g/mol. The molecule has 1 N–H and O–H groups in total. The molecule has 0 fully saturated rings. The van der Waals surface area contributed by atoms with Gasteiger partial charge in [-0.2, -0.15) is 0 Å². The molecule has 3 aromatic rings. The molecule has 0 spiro atoms. The van der Waals surface area contributed by atoms with Crippen molar-refractivity contribution < 1.29 is 9.18 Å². The summed E-state index contributed by atoms with van der Waals surface area (Å²) in [6.45, 7) is 0. The summed E-state index contributed by atoms with van der Waals surface area (Å²) in [5.41, 5.74) is 1.33. The standard InChI is InChI=1S/C19H15ClFNOS/c20-15-9-8-14(17(21)10-15)11-24-12-19(23)22-18-7-3-5-13-4-1-2-6-16(13)18/h1-10H,11-12H2,(H,22,23). The molecule has 0 aliphatic rings. The normalized spacial score (nSPS) is 10.8. The zero-order valence-corrected chi connectivity index (χ0v) is 14.3. The minimum atomic E-state index is -0.343. The van der Waals surface area contributed by atoms with Crippen molar-refractivity contribution in [3.63, 3.8) is 0 Å². The van der Waals surface area contributed by atoms with E-state index in [0.29, 0.717) is 16.3 Å². The Balaban J connectivity index is 1.59. The van der Waals surface area contributed by atoms with Crippen molar-refractivity contribution in [2.75, 3.05) is 11.1 Å². The molecule has 0 radical (unpaired) electrons. The molecule has 5 heteroatoms. The van der Waals surface area contributed by atoms with Crippen molar-refractivity contribution in [1.29, 1.82) is 0 Å². The van der Waals surface area contributed by atoms with E-state index in [1.807, 2.05) is 42.5 Å². The summed E-state index contributed by atoms with van der Waals surface area (Å²) in [6.07, 6.45) is 0. The second kappa shape index (κ2) is 7.69. The van der Waals surface area contributed by atoms with Crippen LogP contribution in [-0.4, -0.2) is 11.7 Å². The van der Waals surface area contributed by atoms with Gasteiger partial charge in [-0.3, -0.25) is 4.79 Å². The van der Waals surface area contributed by atoms with E-state index in [9.17, 15) is 9.18 Å². The Kier molecular flexibility index (Phi) is 5.38. The number of halogens is 2. The molecule has 0 atom stereocenters. The molecule has 3 rings (SSSR count). The van der Waals surface area contributed by atoms with Gasteiger partial charge in [0, 0.05) is 21.8 Å². The van der Waals surface area contributed by atoms with E-state index in [1.165, 1.54) is 17.8 Å². The Labute approximate surface area is 149 Å². The van der Waals surface area contributed by atoms with Crippen LogP contribution < -0.4 is 5.32 Å². The third-order valence-electron chi connectivity index (χ3n) is 3.57. The van der Waals surface area contributed by atoms with E-state index in [2.05, 4.69) is 5.32 Å². The highest BCUT2D eigenvalue weighted by Gasteiger charge is 2.08. The molecule has 3 aromatic carbocycles. The molecule has 0 aromatic heterocycles. The molecule has 2 nitrogen and oxygen atoms in total. The smallest absolute Gasteiger partial charge is 0.234 e. The van der Waals surface area contributed by atoms with Crippen molar-refractivity contribution >= 4 is 45.7 Å². The lowest BCUT2D eigenvalue weighted by Gasteiger charge is -2.09. The summed E-state index contributed by atoms with van der Waals surface area (Å²) >= 11 is 7.09. The number of anilines is 1. The highest BCUT2D eigenvalue weighted by atomic mass is 35.5. The molecular formula is C19H15ClFNOS. The van der Waals surface area contributed by atoms with E-state index in [1.54, 1.807) is 12.1 Å². The molecule has 122 valence electrons. The van der Waals surface area contributed by atoms with Crippen molar-refractivity contribution in [1.82, 2.24) is 0 Å². The van der Waals surface area contributed by atoms with Gasteiger partial charge in [0.15, 0.2) is 0 Å². The topological polar surface area (TPSA) is 29.1 Å². The molecule has 24 heavy (non-hydrogen) atoms. The number of rotatable bonds is 5. The van der Waals surface area contributed by atoms with E-state index in [4.69, 9.17) is 11.6 Å². The van der Waals surface area contributed by atoms with Crippen LogP contribution in [-0.2, 0) is 10.5 Å². The fourth-order valence-electron chi connectivity index (χ4n) is 2.41. The van der Waals surface area contributed by atoms with Gasteiger partial charge in [-0.15, -0.1) is 11.8 Å². The first-order chi connectivity index (χ1) is 11.6. The summed E-state index contributed by atoms with van der Waals surface area (Å²) in [7, 11) is 0. The maximum Gasteiger partial charge on any atom is 0.234 e. The fraction of sp³-hybridized carbons (Fsp3) is 0.105. The van der Waals surface area contributed by atoms with Crippen LogP contribution in [0.25, 0.3) is 10.8 Å². The number of hydrogen-bond donors (Lipinski definition) is 1. The van der Waals surface area contributed by atoms with Crippen molar-refractivity contribution in [2.24, 2.45) is 0 Å². The van der Waals surface area contributed by atoms with E-state index in [-0.39, 0.29) is 17.5 Å². The van der Waals surface area contributed by atoms with E-state index in [0.717, 1.165) is 16.5 Å². The number of fused-ring (bicyclic) bond motifs is 1. The fourth-order valence-corrected chi connectivity index (χ4v) is 3.39. The SMILES string of the molecule is O=C(CSCc1ccc(Cl)cc1F)Nc1cccc2ccccc12. The summed E-state index contributed by atoms with van der Waals surface area (Å²) in [5, 5.41) is 5.37. The minimum Gasteiger partial charge on any atom is -0.325 e. The Morgan fingerprint density at radius 1 is 1.08 bits per heavy atom. The van der Waals surface area contributed by atoms with Gasteiger partial charge in [-0.1, -0.05) is 54.1 Å². The van der Waals surface area contributed by atoms with Gasteiger partial charge in [0.25, 0.3) is 0 Å². The first-order valence-corrected chi connectivity index (χ1v) is 8.96. The van der Waals surface area contributed by atoms with Crippen molar-refractivity contribution in [3.8, 4) is 0 Å². The number of hydrogen-bond acceptors (Lipinski definition) is 2. The Morgan fingerprint density at radius 3 is 2.71 bits per heavy atom. The van der Waals surface area contributed by atoms with Gasteiger partial charge >= 0.3 is 0 Å². The lowest BCUT2D eigenvalue weighted by atomic mass is 10.1.